The fourth-order valence-electron chi connectivity index (χ4n) is 3.06. The number of ether oxygens (including phenoxy) is 3. The van der Waals surface area contributed by atoms with Gasteiger partial charge < -0.3 is 19.3 Å². The number of carbonyl (C=O) groups excluding carboxylic acids is 1. The molecule has 1 N–H and O–H groups in total. The molecule has 1 fully saturated rings. The second kappa shape index (κ2) is 9.67. The number of hydrogen-bond acceptors (Lipinski definition) is 8. The van der Waals surface area contributed by atoms with Gasteiger partial charge in [-0.25, -0.2) is 4.79 Å². The molecule has 30 heavy (non-hydrogen) atoms. The van der Waals surface area contributed by atoms with E-state index in [1.165, 1.54) is 19.2 Å². The Morgan fingerprint density at radius 2 is 1.77 bits per heavy atom. The van der Waals surface area contributed by atoms with Gasteiger partial charge in [0, 0.05) is 0 Å². The molecule has 1 aliphatic rings. The van der Waals surface area contributed by atoms with Crippen molar-refractivity contribution in [3.63, 3.8) is 0 Å². The predicted molar refractivity (Wildman–Crippen MR) is 106 cm³/mol. The van der Waals surface area contributed by atoms with E-state index in [2.05, 4.69) is 0 Å². The van der Waals surface area contributed by atoms with Gasteiger partial charge >= 0.3 is 5.97 Å². The topological polar surface area (TPSA) is 108 Å². The lowest BCUT2D eigenvalue weighted by Gasteiger charge is -2.19. The van der Waals surface area contributed by atoms with Crippen molar-refractivity contribution in [2.75, 3.05) is 13.7 Å². The molecule has 4 atom stereocenters. The fraction of sp³-hybridized carbons (Fsp3) is 0.381. The zero-order valence-electron chi connectivity index (χ0n) is 16.6. The van der Waals surface area contributed by atoms with Crippen molar-refractivity contribution in [3.05, 3.63) is 65.7 Å². The van der Waals surface area contributed by atoms with Crippen LogP contribution in [0.1, 0.15) is 11.1 Å². The van der Waals surface area contributed by atoms with E-state index < -0.39 is 47.1 Å². The summed E-state index contributed by atoms with van der Waals surface area (Å²) in [6.07, 6.45) is -4.61. The summed E-state index contributed by atoms with van der Waals surface area (Å²) >= 11 is 0. The van der Waals surface area contributed by atoms with Gasteiger partial charge in [-0.2, -0.15) is 8.42 Å². The summed E-state index contributed by atoms with van der Waals surface area (Å²) in [5, 5.41) is 10.6. The molecule has 0 aromatic heterocycles. The molecule has 0 spiro atoms. The van der Waals surface area contributed by atoms with Crippen LogP contribution < -0.4 is 0 Å². The van der Waals surface area contributed by atoms with Gasteiger partial charge in [-0.1, -0.05) is 48.0 Å². The normalized spacial score (nSPS) is 24.0. The standard InChI is InChI=1S/C21H24O8S/c1-14-8-10-16(11-9-14)30(24,25)28-13-17-18(22)19(20(29-17)21(23)26-2)27-12-15-6-4-3-5-7-15/h3-11,17-20,22H,12-13H2,1-2H3/t17-,18-,19+,20+/m1/s1. The van der Waals surface area contributed by atoms with Crippen molar-refractivity contribution in [1.29, 1.82) is 0 Å². The average molecular weight is 436 g/mol. The summed E-state index contributed by atoms with van der Waals surface area (Å²) in [7, 11) is -2.86. The fourth-order valence-corrected chi connectivity index (χ4v) is 3.98. The lowest BCUT2D eigenvalue weighted by atomic mass is 10.1. The first-order chi connectivity index (χ1) is 14.3. The molecular formula is C21H24O8S. The lowest BCUT2D eigenvalue weighted by molar-refractivity contribution is -0.160. The summed E-state index contributed by atoms with van der Waals surface area (Å²) in [5.41, 5.74) is 1.75. The summed E-state index contributed by atoms with van der Waals surface area (Å²) in [6.45, 7) is 1.49. The van der Waals surface area contributed by atoms with Crippen LogP contribution in [0.2, 0.25) is 0 Å². The van der Waals surface area contributed by atoms with Crippen LogP contribution in [0, 0.1) is 6.92 Å². The highest BCUT2D eigenvalue weighted by Gasteiger charge is 2.49. The van der Waals surface area contributed by atoms with E-state index in [1.54, 1.807) is 12.1 Å². The molecule has 1 aliphatic heterocycles. The van der Waals surface area contributed by atoms with Crippen molar-refractivity contribution in [3.8, 4) is 0 Å². The Morgan fingerprint density at radius 1 is 1.10 bits per heavy atom. The molecule has 8 nitrogen and oxygen atoms in total. The highest BCUT2D eigenvalue weighted by Crippen LogP contribution is 2.27. The molecule has 1 saturated heterocycles. The molecular weight excluding hydrogens is 412 g/mol. The molecule has 0 aliphatic carbocycles. The monoisotopic (exact) mass is 436 g/mol. The SMILES string of the molecule is COC(=O)[C@H]1O[C@H](COS(=O)(=O)c2ccc(C)cc2)[C@@H](O)[C@@H]1OCc1ccccc1. The molecule has 0 amide bonds. The van der Waals surface area contributed by atoms with E-state index in [0.717, 1.165) is 11.1 Å². The number of hydrogen-bond donors (Lipinski definition) is 1. The Kier molecular flexibility index (Phi) is 7.22. The number of esters is 1. The van der Waals surface area contributed by atoms with Gasteiger partial charge in [-0.15, -0.1) is 0 Å². The molecule has 2 aromatic rings. The van der Waals surface area contributed by atoms with E-state index in [4.69, 9.17) is 18.4 Å². The molecule has 1 heterocycles. The van der Waals surface area contributed by atoms with Gasteiger partial charge in [-0.05, 0) is 24.6 Å². The maximum atomic E-state index is 12.4. The van der Waals surface area contributed by atoms with Crippen LogP contribution in [0.5, 0.6) is 0 Å². The zero-order chi connectivity index (χ0) is 21.7. The van der Waals surface area contributed by atoms with Crippen LogP contribution in [0.25, 0.3) is 0 Å². The number of methoxy groups -OCH3 is 1. The Bertz CT molecular complexity index is 943. The van der Waals surface area contributed by atoms with Crippen molar-refractivity contribution in [2.24, 2.45) is 0 Å². The molecule has 162 valence electrons. The first kappa shape index (κ1) is 22.4. The van der Waals surface area contributed by atoms with Crippen LogP contribution in [-0.2, 0) is 39.9 Å². The van der Waals surface area contributed by atoms with Crippen molar-refractivity contribution in [1.82, 2.24) is 0 Å². The molecule has 0 unspecified atom stereocenters. The van der Waals surface area contributed by atoms with Gasteiger partial charge in [0.05, 0.1) is 25.2 Å². The Hall–Kier alpha value is -2.30. The average Bonchev–Trinajstić information content (AvgIpc) is 3.07. The summed E-state index contributed by atoms with van der Waals surface area (Å²) < 4.78 is 45.8. The number of benzene rings is 2. The van der Waals surface area contributed by atoms with Crippen LogP contribution >= 0.6 is 0 Å². The molecule has 0 bridgehead atoms. The summed E-state index contributed by atoms with van der Waals surface area (Å²) in [6, 6.07) is 15.4. The minimum atomic E-state index is -4.05. The molecule has 0 saturated carbocycles. The third-order valence-corrected chi connectivity index (χ3v) is 6.05. The first-order valence-corrected chi connectivity index (χ1v) is 10.8. The zero-order valence-corrected chi connectivity index (χ0v) is 17.4. The maximum absolute atomic E-state index is 12.4. The van der Waals surface area contributed by atoms with Crippen LogP contribution in [-0.4, -0.2) is 57.6 Å². The maximum Gasteiger partial charge on any atom is 0.337 e. The third kappa shape index (κ3) is 5.24. The van der Waals surface area contributed by atoms with Gasteiger partial charge in [0.2, 0.25) is 0 Å². The summed E-state index contributed by atoms with van der Waals surface area (Å²) in [4.78, 5) is 12.1. The molecule has 3 rings (SSSR count). The van der Waals surface area contributed by atoms with Crippen LogP contribution in [0.4, 0.5) is 0 Å². The van der Waals surface area contributed by atoms with Crippen molar-refractivity contribution in [2.45, 2.75) is 42.8 Å². The van der Waals surface area contributed by atoms with Crippen molar-refractivity contribution < 1.29 is 36.7 Å². The minimum Gasteiger partial charge on any atom is -0.467 e. The number of aliphatic hydroxyl groups is 1. The lowest BCUT2D eigenvalue weighted by Crippen LogP contribution is -2.40. The highest BCUT2D eigenvalue weighted by atomic mass is 32.2. The number of rotatable bonds is 8. The van der Waals surface area contributed by atoms with Crippen molar-refractivity contribution >= 4 is 16.1 Å². The van der Waals surface area contributed by atoms with Crippen LogP contribution in [0.15, 0.2) is 59.5 Å². The van der Waals surface area contributed by atoms with Gasteiger partial charge in [0.15, 0.2) is 6.10 Å². The number of carbonyl (C=O) groups is 1. The van der Waals surface area contributed by atoms with E-state index >= 15 is 0 Å². The minimum absolute atomic E-state index is 0.0121. The second-order valence-corrected chi connectivity index (χ2v) is 8.54. The second-order valence-electron chi connectivity index (χ2n) is 6.92. The van der Waals surface area contributed by atoms with Crippen LogP contribution in [0.3, 0.4) is 0 Å². The number of aliphatic hydroxyl groups excluding tert-OH is 1. The molecule has 0 radical (unpaired) electrons. The quantitative estimate of drug-likeness (QED) is 0.491. The number of aryl methyl sites for hydroxylation is 1. The Labute approximate surface area is 175 Å². The predicted octanol–water partition coefficient (Wildman–Crippen LogP) is 1.59. The van der Waals surface area contributed by atoms with Gasteiger partial charge in [-0.3, -0.25) is 4.18 Å². The highest BCUT2D eigenvalue weighted by molar-refractivity contribution is 7.86. The largest absolute Gasteiger partial charge is 0.467 e. The van der Waals surface area contributed by atoms with E-state index in [-0.39, 0.29) is 11.5 Å². The third-order valence-electron chi connectivity index (χ3n) is 4.75. The van der Waals surface area contributed by atoms with Gasteiger partial charge in [0.25, 0.3) is 10.1 Å². The molecule has 9 heteroatoms. The smallest absolute Gasteiger partial charge is 0.337 e. The van der Waals surface area contributed by atoms with E-state index in [1.807, 2.05) is 37.3 Å². The van der Waals surface area contributed by atoms with Gasteiger partial charge in [0.1, 0.15) is 18.3 Å². The Balaban J connectivity index is 1.67. The first-order valence-electron chi connectivity index (χ1n) is 9.35. The summed E-state index contributed by atoms with van der Waals surface area (Å²) in [5.74, 6) is -0.726. The van der Waals surface area contributed by atoms with E-state index in [9.17, 15) is 18.3 Å². The molecule has 2 aromatic carbocycles. The Morgan fingerprint density at radius 3 is 2.40 bits per heavy atom. The van der Waals surface area contributed by atoms with E-state index in [0.29, 0.717) is 0 Å².